The maximum absolute atomic E-state index is 12.9. The first kappa shape index (κ1) is 78.8. The summed E-state index contributed by atoms with van der Waals surface area (Å²) in [4.78, 5) is 38.3. The average molecular weight is 1150 g/mol. The van der Waals surface area contributed by atoms with Gasteiger partial charge in [-0.2, -0.15) is 0 Å². The minimum absolute atomic E-state index is 0.0888. The van der Waals surface area contributed by atoms with Gasteiger partial charge in [-0.05, 0) is 83.5 Å². The first-order valence-corrected chi connectivity index (χ1v) is 35.9. The summed E-state index contributed by atoms with van der Waals surface area (Å²) in [6.07, 6.45) is 92.5. The second-order valence-electron chi connectivity index (χ2n) is 24.1. The normalized spacial score (nSPS) is 12.5. The Labute approximate surface area is 510 Å². The topological polar surface area (TPSA) is 78.9 Å². The molecule has 0 radical (unpaired) electrons. The van der Waals surface area contributed by atoms with Gasteiger partial charge in [-0.1, -0.05) is 344 Å². The van der Waals surface area contributed by atoms with E-state index in [2.05, 4.69) is 93.7 Å². The zero-order valence-electron chi connectivity index (χ0n) is 54.8. The lowest BCUT2D eigenvalue weighted by atomic mass is 10.0. The van der Waals surface area contributed by atoms with Crippen LogP contribution in [-0.2, 0) is 28.6 Å². The van der Waals surface area contributed by atoms with E-state index in [0.717, 1.165) is 103 Å². The van der Waals surface area contributed by atoms with Gasteiger partial charge >= 0.3 is 17.9 Å². The van der Waals surface area contributed by atoms with Crippen molar-refractivity contribution in [2.45, 2.75) is 380 Å². The van der Waals surface area contributed by atoms with Gasteiger partial charge in [0.25, 0.3) is 0 Å². The Kier molecular flexibility index (Phi) is 67.6. The number of ether oxygens (including phenoxy) is 3. The molecule has 0 aliphatic heterocycles. The van der Waals surface area contributed by atoms with E-state index in [-0.39, 0.29) is 37.5 Å². The van der Waals surface area contributed by atoms with Crippen LogP contribution in [0.1, 0.15) is 374 Å². The largest absolute Gasteiger partial charge is 0.462 e. The van der Waals surface area contributed by atoms with Crippen LogP contribution in [0.15, 0.2) is 72.9 Å². The SMILES string of the molecule is CC/C=C\C/C=C\C/C=C\C/C=C\C/C=C\CCCCCC(=O)OC(COC(=O)CCCCCCC/C=C\CCCC)COC(=O)CCCCCCCCCCCCCCCCCCCCCCCCCCCCCCCCCCCC. The van der Waals surface area contributed by atoms with Crippen LogP contribution in [0.2, 0.25) is 0 Å². The van der Waals surface area contributed by atoms with Crippen molar-refractivity contribution in [3.63, 3.8) is 0 Å². The van der Waals surface area contributed by atoms with Gasteiger partial charge in [-0.15, -0.1) is 0 Å². The Morgan fingerprint density at radius 1 is 0.256 bits per heavy atom. The summed E-state index contributed by atoms with van der Waals surface area (Å²) in [5.41, 5.74) is 0. The van der Waals surface area contributed by atoms with Gasteiger partial charge in [0.1, 0.15) is 13.2 Å². The predicted octanol–water partition coefficient (Wildman–Crippen LogP) is 24.8. The lowest BCUT2D eigenvalue weighted by Gasteiger charge is -2.18. The molecule has 0 saturated carbocycles. The summed E-state index contributed by atoms with van der Waals surface area (Å²) in [5.74, 6) is -0.915. The highest BCUT2D eigenvalue weighted by molar-refractivity contribution is 5.71. The number of hydrogen-bond acceptors (Lipinski definition) is 6. The molecule has 0 aromatic heterocycles. The van der Waals surface area contributed by atoms with Gasteiger partial charge in [-0.3, -0.25) is 14.4 Å². The van der Waals surface area contributed by atoms with Gasteiger partial charge in [0.05, 0.1) is 0 Å². The van der Waals surface area contributed by atoms with E-state index < -0.39 is 6.10 Å². The number of rotatable bonds is 66. The van der Waals surface area contributed by atoms with Crippen LogP contribution >= 0.6 is 0 Å². The molecule has 0 aromatic carbocycles. The smallest absolute Gasteiger partial charge is 0.306 e. The van der Waals surface area contributed by atoms with Crippen LogP contribution in [0.25, 0.3) is 0 Å². The van der Waals surface area contributed by atoms with Crippen LogP contribution < -0.4 is 0 Å². The lowest BCUT2D eigenvalue weighted by molar-refractivity contribution is -0.167. The van der Waals surface area contributed by atoms with E-state index in [1.54, 1.807) is 0 Å². The van der Waals surface area contributed by atoms with Crippen LogP contribution in [0.4, 0.5) is 0 Å². The van der Waals surface area contributed by atoms with Gasteiger partial charge in [0, 0.05) is 19.3 Å². The van der Waals surface area contributed by atoms with Gasteiger partial charge in [-0.25, -0.2) is 0 Å². The predicted molar refractivity (Wildman–Crippen MR) is 358 cm³/mol. The summed E-state index contributed by atoms with van der Waals surface area (Å²) in [7, 11) is 0. The summed E-state index contributed by atoms with van der Waals surface area (Å²) in [6, 6.07) is 0. The fourth-order valence-corrected chi connectivity index (χ4v) is 10.6. The summed E-state index contributed by atoms with van der Waals surface area (Å²) < 4.78 is 16.9. The summed E-state index contributed by atoms with van der Waals surface area (Å²) in [6.45, 7) is 6.50. The van der Waals surface area contributed by atoms with Crippen molar-refractivity contribution >= 4 is 17.9 Å². The third-order valence-corrected chi connectivity index (χ3v) is 15.9. The summed E-state index contributed by atoms with van der Waals surface area (Å²) in [5, 5.41) is 0. The van der Waals surface area contributed by atoms with Gasteiger partial charge in [0.2, 0.25) is 0 Å². The van der Waals surface area contributed by atoms with Crippen molar-refractivity contribution in [1.29, 1.82) is 0 Å². The van der Waals surface area contributed by atoms with Crippen molar-refractivity contribution in [2.75, 3.05) is 13.2 Å². The highest BCUT2D eigenvalue weighted by Gasteiger charge is 2.19. The molecule has 0 N–H and O–H groups in total. The van der Waals surface area contributed by atoms with E-state index in [4.69, 9.17) is 14.2 Å². The molecule has 0 spiro atoms. The highest BCUT2D eigenvalue weighted by Crippen LogP contribution is 2.19. The number of esters is 3. The van der Waals surface area contributed by atoms with E-state index in [0.29, 0.717) is 12.8 Å². The Morgan fingerprint density at radius 3 is 0.805 bits per heavy atom. The molecule has 6 nitrogen and oxygen atoms in total. The maximum atomic E-state index is 12.9. The zero-order valence-corrected chi connectivity index (χ0v) is 54.8. The van der Waals surface area contributed by atoms with Crippen molar-refractivity contribution in [2.24, 2.45) is 0 Å². The molecule has 0 saturated heterocycles. The van der Waals surface area contributed by atoms with Crippen LogP contribution in [0, 0.1) is 0 Å². The van der Waals surface area contributed by atoms with E-state index >= 15 is 0 Å². The number of hydrogen-bond donors (Lipinski definition) is 0. The molecule has 0 rings (SSSR count). The highest BCUT2D eigenvalue weighted by atomic mass is 16.6. The van der Waals surface area contributed by atoms with E-state index in [1.807, 2.05) is 0 Å². The Bertz CT molecular complexity index is 1500. The molecule has 0 bridgehead atoms. The minimum Gasteiger partial charge on any atom is -0.462 e. The molecule has 1 atom stereocenters. The van der Waals surface area contributed by atoms with Crippen molar-refractivity contribution in [3.8, 4) is 0 Å². The maximum Gasteiger partial charge on any atom is 0.306 e. The number of carbonyl (C=O) groups excluding carboxylic acids is 3. The van der Waals surface area contributed by atoms with E-state index in [9.17, 15) is 14.4 Å². The third kappa shape index (κ3) is 67.6. The first-order valence-electron chi connectivity index (χ1n) is 35.9. The molecule has 0 fully saturated rings. The minimum atomic E-state index is -0.796. The fourth-order valence-electron chi connectivity index (χ4n) is 10.6. The molecule has 1 unspecified atom stereocenters. The number of unbranched alkanes of at least 4 members (excludes halogenated alkanes) is 43. The Balaban J connectivity index is 4.11. The molecule has 82 heavy (non-hydrogen) atoms. The molecule has 0 amide bonds. The lowest BCUT2D eigenvalue weighted by Crippen LogP contribution is -2.30. The van der Waals surface area contributed by atoms with Crippen molar-refractivity contribution in [3.05, 3.63) is 72.9 Å². The van der Waals surface area contributed by atoms with Crippen molar-refractivity contribution in [1.82, 2.24) is 0 Å². The molecule has 0 aliphatic rings. The monoisotopic (exact) mass is 1150 g/mol. The molecular weight excluding hydrogens is 1010 g/mol. The first-order chi connectivity index (χ1) is 40.5. The standard InChI is InChI=1S/C76H136O6/c1-4-7-10-13-16-19-22-24-26-28-30-31-32-33-34-35-36-37-38-39-40-41-42-43-44-46-47-49-51-54-57-60-63-66-69-75(78)81-72-73(71-80-74(77)68-65-62-59-56-53-21-18-15-12-9-6-3)82-76(79)70-67-64-61-58-55-52-50-48-45-29-27-25-23-20-17-14-11-8-5-2/h8,11,15,17-18,20,25,27,45,48,52,55,73H,4-7,9-10,12-14,16,19,21-24,26,28-44,46-47,49-51,53-54,56-72H2,1-3H3/b11-8-,18-15-,20-17-,27-25-,48-45-,55-52-. The van der Waals surface area contributed by atoms with Crippen LogP contribution in [-0.4, -0.2) is 37.2 Å². The average Bonchev–Trinajstić information content (AvgIpc) is 3.47. The Morgan fingerprint density at radius 2 is 0.488 bits per heavy atom. The molecule has 6 heteroatoms. The second kappa shape index (κ2) is 70.3. The number of allylic oxidation sites excluding steroid dienone is 12. The molecule has 0 aliphatic carbocycles. The quantitative estimate of drug-likeness (QED) is 0.0261. The number of carbonyl (C=O) groups is 3. The fraction of sp³-hybridized carbons (Fsp3) is 0.803. The molecule has 476 valence electrons. The third-order valence-electron chi connectivity index (χ3n) is 15.9. The van der Waals surface area contributed by atoms with Crippen LogP contribution in [0.3, 0.4) is 0 Å². The van der Waals surface area contributed by atoms with Crippen LogP contribution in [0.5, 0.6) is 0 Å². The molecule has 0 aromatic rings. The zero-order chi connectivity index (χ0) is 59.2. The summed E-state index contributed by atoms with van der Waals surface area (Å²) >= 11 is 0. The second-order valence-corrected chi connectivity index (χ2v) is 24.1. The Hall–Kier alpha value is -3.15. The van der Waals surface area contributed by atoms with Gasteiger partial charge in [0.15, 0.2) is 6.10 Å². The molecule has 0 heterocycles. The molecular formula is C76H136O6. The van der Waals surface area contributed by atoms with Crippen molar-refractivity contribution < 1.29 is 28.6 Å². The van der Waals surface area contributed by atoms with Gasteiger partial charge < -0.3 is 14.2 Å². The van der Waals surface area contributed by atoms with E-state index in [1.165, 1.54) is 231 Å².